The first-order chi connectivity index (χ1) is 14.0. The van der Waals surface area contributed by atoms with Gasteiger partial charge in [-0.25, -0.2) is 4.98 Å². The number of benzene rings is 1. The van der Waals surface area contributed by atoms with Crippen molar-refractivity contribution in [3.05, 3.63) is 40.9 Å². The van der Waals surface area contributed by atoms with Gasteiger partial charge in [0.25, 0.3) is 5.56 Å². The van der Waals surface area contributed by atoms with Crippen molar-refractivity contribution < 1.29 is 19.1 Å². The first-order valence-corrected chi connectivity index (χ1v) is 9.58. The minimum absolute atomic E-state index is 0.000407. The molecule has 1 aromatic carbocycles. The standard InChI is InChI=1S/C20H22N4O5/c1-2-23(10-17(26)27)13-7-12(8-13)22-16(25)9-24-11-21-18-14-5-3-4-6-15(14)29-19(18)20(24)28/h3-6,11-13H,2,7-10H2,1H3,(H,22,25)(H,26,27). The molecule has 2 heterocycles. The normalized spacial score (nSPS) is 18.8. The Kier molecular flexibility index (Phi) is 5.06. The van der Waals surface area contributed by atoms with E-state index in [0.29, 0.717) is 30.5 Å². The molecule has 0 radical (unpaired) electrons. The Labute approximate surface area is 165 Å². The monoisotopic (exact) mass is 398 g/mol. The van der Waals surface area contributed by atoms with E-state index in [1.807, 2.05) is 30.0 Å². The van der Waals surface area contributed by atoms with Crippen LogP contribution in [-0.2, 0) is 16.1 Å². The van der Waals surface area contributed by atoms with Gasteiger partial charge in [-0.3, -0.25) is 23.9 Å². The average Bonchev–Trinajstić information content (AvgIpc) is 3.04. The van der Waals surface area contributed by atoms with Crippen LogP contribution in [0.4, 0.5) is 0 Å². The van der Waals surface area contributed by atoms with E-state index in [1.54, 1.807) is 6.07 Å². The topological polar surface area (TPSA) is 118 Å². The van der Waals surface area contributed by atoms with Gasteiger partial charge in [0.1, 0.15) is 17.6 Å². The van der Waals surface area contributed by atoms with E-state index in [9.17, 15) is 14.4 Å². The second-order valence-corrected chi connectivity index (χ2v) is 7.30. The van der Waals surface area contributed by atoms with E-state index in [2.05, 4.69) is 10.3 Å². The third kappa shape index (κ3) is 3.73. The first-order valence-electron chi connectivity index (χ1n) is 9.58. The molecule has 0 aliphatic heterocycles. The minimum Gasteiger partial charge on any atom is -0.480 e. The van der Waals surface area contributed by atoms with Crippen LogP contribution in [0, 0.1) is 0 Å². The van der Waals surface area contributed by atoms with Gasteiger partial charge in [-0.2, -0.15) is 0 Å². The summed E-state index contributed by atoms with van der Waals surface area (Å²) in [6.07, 6.45) is 2.76. The summed E-state index contributed by atoms with van der Waals surface area (Å²) in [5.41, 5.74) is 0.808. The number of fused-ring (bicyclic) bond motifs is 3. The van der Waals surface area contributed by atoms with Crippen molar-refractivity contribution in [2.24, 2.45) is 0 Å². The summed E-state index contributed by atoms with van der Waals surface area (Å²) < 4.78 is 6.86. The number of carbonyl (C=O) groups excluding carboxylic acids is 1. The van der Waals surface area contributed by atoms with E-state index in [1.165, 1.54) is 10.9 Å². The highest BCUT2D eigenvalue weighted by atomic mass is 16.4. The van der Waals surface area contributed by atoms with Crippen LogP contribution in [0.3, 0.4) is 0 Å². The van der Waals surface area contributed by atoms with Crippen molar-refractivity contribution in [3.8, 4) is 0 Å². The van der Waals surface area contributed by atoms with Gasteiger partial charge in [0.15, 0.2) is 0 Å². The fraction of sp³-hybridized carbons (Fsp3) is 0.400. The molecule has 1 amide bonds. The quantitative estimate of drug-likeness (QED) is 0.614. The molecule has 9 heteroatoms. The number of aliphatic carboxylic acids is 1. The Morgan fingerprint density at radius 3 is 2.83 bits per heavy atom. The number of carboxylic acids is 1. The number of hydrogen-bond donors (Lipinski definition) is 2. The number of para-hydroxylation sites is 1. The van der Waals surface area contributed by atoms with Crippen LogP contribution in [0.25, 0.3) is 22.1 Å². The molecular formula is C20H22N4O5. The molecule has 2 N–H and O–H groups in total. The molecule has 0 spiro atoms. The summed E-state index contributed by atoms with van der Waals surface area (Å²) >= 11 is 0. The van der Waals surface area contributed by atoms with Gasteiger partial charge in [-0.05, 0) is 31.5 Å². The van der Waals surface area contributed by atoms with Crippen LogP contribution < -0.4 is 10.9 Å². The Hall–Kier alpha value is -3.20. The highest BCUT2D eigenvalue weighted by molar-refractivity contribution is 6.01. The van der Waals surface area contributed by atoms with Gasteiger partial charge in [0.2, 0.25) is 11.5 Å². The predicted octanol–water partition coefficient (Wildman–Crippen LogP) is 1.20. The number of furan rings is 1. The van der Waals surface area contributed by atoms with Gasteiger partial charge in [0.05, 0.1) is 12.9 Å². The lowest BCUT2D eigenvalue weighted by molar-refractivity contribution is -0.139. The number of nitrogens with one attached hydrogen (secondary N) is 1. The molecule has 1 aliphatic carbocycles. The fourth-order valence-electron chi connectivity index (χ4n) is 3.83. The third-order valence-electron chi connectivity index (χ3n) is 5.40. The van der Waals surface area contributed by atoms with Crippen molar-refractivity contribution in [3.63, 3.8) is 0 Å². The predicted molar refractivity (Wildman–Crippen MR) is 106 cm³/mol. The van der Waals surface area contributed by atoms with E-state index in [-0.39, 0.29) is 36.7 Å². The van der Waals surface area contributed by atoms with Crippen LogP contribution in [0.1, 0.15) is 19.8 Å². The number of carboxylic acid groups (broad SMARTS) is 1. The van der Waals surface area contributed by atoms with E-state index >= 15 is 0 Å². The molecule has 0 atom stereocenters. The summed E-state index contributed by atoms with van der Waals surface area (Å²) in [5, 5.41) is 12.6. The molecule has 0 unspecified atom stereocenters. The maximum Gasteiger partial charge on any atom is 0.317 e. The lowest BCUT2D eigenvalue weighted by Crippen LogP contribution is -2.55. The highest BCUT2D eigenvalue weighted by Gasteiger charge is 2.34. The van der Waals surface area contributed by atoms with Crippen LogP contribution in [0.15, 0.2) is 39.8 Å². The molecule has 9 nitrogen and oxygen atoms in total. The Morgan fingerprint density at radius 1 is 1.34 bits per heavy atom. The fourth-order valence-corrected chi connectivity index (χ4v) is 3.83. The SMILES string of the molecule is CCN(CC(=O)O)C1CC(NC(=O)Cn2cnc3c(oc4ccccc43)c2=O)C1. The van der Waals surface area contributed by atoms with E-state index < -0.39 is 11.5 Å². The number of rotatable bonds is 7. The van der Waals surface area contributed by atoms with Crippen LogP contribution >= 0.6 is 0 Å². The molecule has 29 heavy (non-hydrogen) atoms. The molecule has 0 saturated heterocycles. The number of carbonyl (C=O) groups is 2. The maximum atomic E-state index is 12.7. The second kappa shape index (κ2) is 7.67. The molecule has 4 rings (SSSR count). The lowest BCUT2D eigenvalue weighted by Gasteiger charge is -2.42. The van der Waals surface area contributed by atoms with Gasteiger partial charge in [-0.15, -0.1) is 0 Å². The second-order valence-electron chi connectivity index (χ2n) is 7.30. The number of hydrogen-bond acceptors (Lipinski definition) is 6. The van der Waals surface area contributed by atoms with Crippen molar-refractivity contribution >= 4 is 33.9 Å². The molecule has 3 aromatic rings. The molecular weight excluding hydrogens is 376 g/mol. The van der Waals surface area contributed by atoms with Crippen LogP contribution in [0.5, 0.6) is 0 Å². The largest absolute Gasteiger partial charge is 0.480 e. The summed E-state index contributed by atoms with van der Waals surface area (Å²) in [4.78, 5) is 42.1. The van der Waals surface area contributed by atoms with Crippen molar-refractivity contribution in [1.82, 2.24) is 19.8 Å². The Morgan fingerprint density at radius 2 is 2.10 bits per heavy atom. The third-order valence-corrected chi connectivity index (χ3v) is 5.40. The Balaban J connectivity index is 1.40. The summed E-state index contributed by atoms with van der Waals surface area (Å²) in [5.74, 6) is -1.14. The van der Waals surface area contributed by atoms with E-state index in [4.69, 9.17) is 9.52 Å². The van der Waals surface area contributed by atoms with E-state index in [0.717, 1.165) is 5.39 Å². The van der Waals surface area contributed by atoms with Crippen molar-refractivity contribution in [2.75, 3.05) is 13.1 Å². The number of nitrogens with zero attached hydrogens (tertiary/aromatic N) is 3. The van der Waals surface area contributed by atoms with Gasteiger partial charge < -0.3 is 14.8 Å². The van der Waals surface area contributed by atoms with Crippen LogP contribution in [-0.4, -0.2) is 56.6 Å². The van der Waals surface area contributed by atoms with Gasteiger partial charge in [0, 0.05) is 17.5 Å². The number of amides is 1. The zero-order valence-corrected chi connectivity index (χ0v) is 16.0. The molecule has 152 valence electrons. The summed E-state index contributed by atoms with van der Waals surface area (Å²) in [7, 11) is 0. The molecule has 1 fully saturated rings. The smallest absolute Gasteiger partial charge is 0.317 e. The van der Waals surface area contributed by atoms with Crippen molar-refractivity contribution in [1.29, 1.82) is 0 Å². The molecule has 1 saturated carbocycles. The lowest BCUT2D eigenvalue weighted by atomic mass is 9.85. The average molecular weight is 398 g/mol. The first kappa shape index (κ1) is 19.1. The molecule has 1 aliphatic rings. The highest BCUT2D eigenvalue weighted by Crippen LogP contribution is 2.26. The van der Waals surface area contributed by atoms with Crippen molar-refractivity contribution in [2.45, 2.75) is 38.4 Å². The van der Waals surface area contributed by atoms with Gasteiger partial charge in [-0.1, -0.05) is 19.1 Å². The Bertz CT molecular complexity index is 1130. The minimum atomic E-state index is -0.854. The number of aromatic nitrogens is 2. The zero-order valence-electron chi connectivity index (χ0n) is 16.0. The van der Waals surface area contributed by atoms with Crippen LogP contribution in [0.2, 0.25) is 0 Å². The maximum absolute atomic E-state index is 12.7. The molecule has 2 aromatic heterocycles. The summed E-state index contributed by atoms with van der Waals surface area (Å²) in [6.45, 7) is 2.42. The summed E-state index contributed by atoms with van der Waals surface area (Å²) in [6, 6.07) is 7.40. The zero-order chi connectivity index (χ0) is 20.5. The number of likely N-dealkylation sites (N-methyl/N-ethyl adjacent to an activating group) is 1. The molecule has 0 bridgehead atoms. The van der Waals surface area contributed by atoms with Gasteiger partial charge >= 0.3 is 5.97 Å².